The number of ether oxygens (including phenoxy) is 1. The third-order valence-electron chi connectivity index (χ3n) is 3.91. The Hall–Kier alpha value is -1.69. The summed E-state index contributed by atoms with van der Waals surface area (Å²) in [6, 6.07) is 3.37. The van der Waals surface area contributed by atoms with Crippen LogP contribution in [0.25, 0.3) is 11.0 Å². The first kappa shape index (κ1) is 20.1. The number of rotatable bonds is 4. The molecule has 1 aliphatic rings. The summed E-state index contributed by atoms with van der Waals surface area (Å²) in [4.78, 5) is 10.3. The molecule has 2 atom stereocenters. The number of alkyl halides is 3. The number of hydrogen-bond donors (Lipinski definition) is 0. The Morgan fingerprint density at radius 1 is 1.26 bits per heavy atom. The van der Waals surface area contributed by atoms with Crippen molar-refractivity contribution < 1.29 is 30.5 Å². The average Bonchev–Trinajstić information content (AvgIpc) is 2.59. The van der Waals surface area contributed by atoms with Gasteiger partial charge in [0, 0.05) is 25.5 Å². The molecule has 1 aliphatic heterocycles. The van der Waals surface area contributed by atoms with Gasteiger partial charge < -0.3 is 9.64 Å². The molecule has 148 valence electrons. The van der Waals surface area contributed by atoms with Crippen LogP contribution in [0.4, 0.5) is 18.9 Å². The molecule has 12 heteroatoms. The summed E-state index contributed by atoms with van der Waals surface area (Å²) >= 11 is 6.13. The van der Waals surface area contributed by atoms with Crippen LogP contribution in [-0.4, -0.2) is 55.8 Å². The van der Waals surface area contributed by atoms with Crippen LogP contribution < -0.4 is 4.90 Å². The number of hydrogen-bond acceptors (Lipinski definition) is 7. The molecular formula is C15H15ClF3N3O4S. The Balaban J connectivity index is 1.82. The monoisotopic (exact) mass is 425 g/mol. The van der Waals surface area contributed by atoms with E-state index < -0.39 is 28.3 Å². The molecule has 2 aromatic rings. The second-order valence-electron chi connectivity index (χ2n) is 5.98. The highest BCUT2D eigenvalue weighted by atomic mass is 35.5. The molecular weight excluding hydrogens is 411 g/mol. The van der Waals surface area contributed by atoms with E-state index >= 15 is 0 Å². The minimum atomic E-state index is -5.68. The zero-order valence-corrected chi connectivity index (χ0v) is 15.6. The lowest BCUT2D eigenvalue weighted by Gasteiger charge is -2.38. The van der Waals surface area contributed by atoms with E-state index in [0.29, 0.717) is 28.3 Å². The van der Waals surface area contributed by atoms with Gasteiger partial charge in [0.05, 0.1) is 23.4 Å². The third kappa shape index (κ3) is 4.26. The highest BCUT2D eigenvalue weighted by Crippen LogP contribution is 2.31. The Morgan fingerprint density at radius 2 is 1.93 bits per heavy atom. The van der Waals surface area contributed by atoms with E-state index in [1.807, 2.05) is 4.90 Å². The molecule has 0 saturated carbocycles. The van der Waals surface area contributed by atoms with Crippen LogP contribution in [0.2, 0.25) is 5.02 Å². The van der Waals surface area contributed by atoms with Gasteiger partial charge in [0.25, 0.3) is 0 Å². The predicted octanol–water partition coefficient (Wildman–Crippen LogP) is 2.74. The van der Waals surface area contributed by atoms with E-state index in [9.17, 15) is 21.6 Å². The van der Waals surface area contributed by atoms with Crippen molar-refractivity contribution in [2.75, 3.05) is 24.6 Å². The molecule has 0 amide bonds. The molecule has 1 aromatic heterocycles. The van der Waals surface area contributed by atoms with Crippen molar-refractivity contribution in [1.29, 1.82) is 0 Å². The van der Waals surface area contributed by atoms with Crippen LogP contribution in [0.15, 0.2) is 24.5 Å². The van der Waals surface area contributed by atoms with Crippen molar-refractivity contribution in [3.8, 4) is 0 Å². The minimum absolute atomic E-state index is 0.116. The summed E-state index contributed by atoms with van der Waals surface area (Å²) in [7, 11) is -5.68. The molecule has 3 rings (SSSR count). The van der Waals surface area contributed by atoms with Gasteiger partial charge in [0.15, 0.2) is 0 Å². The second kappa shape index (κ2) is 7.38. The molecule has 2 heterocycles. The van der Waals surface area contributed by atoms with Crippen LogP contribution in [-0.2, 0) is 19.0 Å². The normalized spacial score (nSPS) is 21.6. The number of nitrogens with zero attached hydrogens (tertiary/aromatic N) is 3. The van der Waals surface area contributed by atoms with Gasteiger partial charge in [-0.1, -0.05) is 11.6 Å². The fourth-order valence-electron chi connectivity index (χ4n) is 2.83. The first-order valence-corrected chi connectivity index (χ1v) is 9.62. The van der Waals surface area contributed by atoms with Crippen molar-refractivity contribution in [1.82, 2.24) is 9.97 Å². The molecule has 1 aromatic carbocycles. The first-order chi connectivity index (χ1) is 12.6. The maximum absolute atomic E-state index is 12.4. The maximum Gasteiger partial charge on any atom is 0.523 e. The Morgan fingerprint density at radius 3 is 2.59 bits per heavy atom. The molecule has 1 saturated heterocycles. The van der Waals surface area contributed by atoms with Crippen LogP contribution in [0.1, 0.15) is 6.92 Å². The summed E-state index contributed by atoms with van der Waals surface area (Å²) in [5.41, 5.74) is -3.79. The van der Waals surface area contributed by atoms with Crippen LogP contribution >= 0.6 is 11.6 Å². The van der Waals surface area contributed by atoms with Crippen molar-refractivity contribution in [3.05, 3.63) is 29.5 Å². The molecule has 27 heavy (non-hydrogen) atoms. The van der Waals surface area contributed by atoms with Crippen LogP contribution in [0, 0.1) is 0 Å². The number of fused-ring (bicyclic) bond motifs is 1. The van der Waals surface area contributed by atoms with Crippen LogP contribution in [0.3, 0.4) is 0 Å². The zero-order valence-electron chi connectivity index (χ0n) is 14.0. The summed E-state index contributed by atoms with van der Waals surface area (Å²) in [5, 5.41) is 0.416. The van der Waals surface area contributed by atoms with Gasteiger partial charge in [0.1, 0.15) is 17.1 Å². The molecule has 0 unspecified atom stereocenters. The van der Waals surface area contributed by atoms with Gasteiger partial charge in [0.2, 0.25) is 0 Å². The fourth-order valence-corrected chi connectivity index (χ4v) is 3.50. The molecule has 7 nitrogen and oxygen atoms in total. The van der Waals surface area contributed by atoms with Gasteiger partial charge in [-0.3, -0.25) is 14.2 Å². The Bertz CT molecular complexity index is 942. The molecule has 0 aliphatic carbocycles. The lowest BCUT2D eigenvalue weighted by Crippen LogP contribution is -2.49. The molecule has 0 radical (unpaired) electrons. The van der Waals surface area contributed by atoms with Gasteiger partial charge in [-0.05, 0) is 19.1 Å². The number of morpholine rings is 1. The Labute approximate surface area is 158 Å². The molecule has 0 bridgehead atoms. The Kier molecular flexibility index (Phi) is 5.48. The second-order valence-corrected chi connectivity index (χ2v) is 7.99. The zero-order chi connectivity index (χ0) is 19.8. The van der Waals surface area contributed by atoms with E-state index in [1.54, 1.807) is 19.1 Å². The quantitative estimate of drug-likeness (QED) is 0.550. The first-order valence-electron chi connectivity index (χ1n) is 7.84. The van der Waals surface area contributed by atoms with Crippen molar-refractivity contribution >= 4 is 38.4 Å². The van der Waals surface area contributed by atoms with Crippen molar-refractivity contribution in [2.24, 2.45) is 0 Å². The average molecular weight is 426 g/mol. The van der Waals surface area contributed by atoms with Crippen molar-refractivity contribution in [2.45, 2.75) is 24.6 Å². The summed E-state index contributed by atoms with van der Waals surface area (Å²) in [6.07, 6.45) is 1.75. The van der Waals surface area contributed by atoms with E-state index in [4.69, 9.17) is 16.3 Å². The van der Waals surface area contributed by atoms with Crippen LogP contribution in [0.5, 0.6) is 0 Å². The third-order valence-corrected chi connectivity index (χ3v) is 5.23. The highest BCUT2D eigenvalue weighted by molar-refractivity contribution is 7.87. The maximum atomic E-state index is 12.4. The highest BCUT2D eigenvalue weighted by Gasteiger charge is 2.47. The number of halogens is 4. The van der Waals surface area contributed by atoms with E-state index in [0.717, 1.165) is 0 Å². The predicted molar refractivity (Wildman–Crippen MR) is 92.0 cm³/mol. The topological polar surface area (TPSA) is 81.6 Å². The lowest BCUT2D eigenvalue weighted by atomic mass is 10.1. The number of benzene rings is 1. The molecule has 0 N–H and O–H groups in total. The van der Waals surface area contributed by atoms with Gasteiger partial charge >= 0.3 is 15.6 Å². The standard InChI is InChI=1S/C15H15ClF3N3O4S/c1-9-6-22(7-10(26-9)8-25-27(23,24)15(17,18)19)12-3-2-11(16)13-14(12)21-5-4-20-13/h2-5,9-10H,6-8H2,1H3/t9-,10-/m1/s1. The smallest absolute Gasteiger partial charge is 0.369 e. The summed E-state index contributed by atoms with van der Waals surface area (Å²) in [5.74, 6) is 0. The minimum Gasteiger partial charge on any atom is -0.369 e. The largest absolute Gasteiger partial charge is 0.523 e. The summed E-state index contributed by atoms with van der Waals surface area (Å²) < 4.78 is 69.1. The molecule has 1 fully saturated rings. The fraction of sp³-hybridized carbons (Fsp3) is 0.467. The van der Waals surface area contributed by atoms with Crippen molar-refractivity contribution in [3.63, 3.8) is 0 Å². The number of anilines is 1. The van der Waals surface area contributed by atoms with Gasteiger partial charge in [-0.25, -0.2) is 0 Å². The summed E-state index contributed by atoms with van der Waals surface area (Å²) in [6.45, 7) is 1.52. The van der Waals surface area contributed by atoms with E-state index in [2.05, 4.69) is 14.2 Å². The molecule has 0 spiro atoms. The van der Waals surface area contributed by atoms with E-state index in [1.165, 1.54) is 12.4 Å². The van der Waals surface area contributed by atoms with Gasteiger partial charge in [-0.2, -0.15) is 21.6 Å². The van der Waals surface area contributed by atoms with Gasteiger partial charge in [-0.15, -0.1) is 0 Å². The SMILES string of the molecule is C[C@@H]1CN(c2ccc(Cl)c3nccnc23)C[C@H](COS(=O)(=O)C(F)(F)F)O1. The lowest BCUT2D eigenvalue weighted by molar-refractivity contribution is -0.0656. The van der Waals surface area contributed by atoms with E-state index in [-0.39, 0.29) is 12.6 Å². The number of aromatic nitrogens is 2.